The Bertz CT molecular complexity index is 445. The first-order valence-corrected chi connectivity index (χ1v) is 6.35. The van der Waals surface area contributed by atoms with Gasteiger partial charge in [-0.3, -0.25) is 5.32 Å². The molecule has 1 aliphatic heterocycles. The van der Waals surface area contributed by atoms with Crippen LogP contribution in [0.5, 0.6) is 0 Å². The number of hydrogen-bond acceptors (Lipinski definition) is 3. The van der Waals surface area contributed by atoms with Crippen LogP contribution in [-0.4, -0.2) is 25.2 Å². The van der Waals surface area contributed by atoms with Gasteiger partial charge in [0.25, 0.3) is 0 Å². The second kappa shape index (κ2) is 4.38. The number of benzene rings is 1. The molecular weight excluding hydrogens is 210 g/mol. The van der Waals surface area contributed by atoms with Gasteiger partial charge in [-0.15, -0.1) is 0 Å². The van der Waals surface area contributed by atoms with Crippen LogP contribution < -0.4 is 10.2 Å². The zero-order valence-corrected chi connectivity index (χ0v) is 9.89. The standard InChI is InChI=1S/C14H17N3/c15-9-13(16-12-5-6-12)10-17-8-7-11-3-1-2-4-14(11)17/h1-4,12-13,16H,5-8,10H2. The molecule has 1 saturated carbocycles. The molecule has 3 nitrogen and oxygen atoms in total. The number of fused-ring (bicyclic) bond motifs is 1. The molecule has 1 atom stereocenters. The number of hydrogen-bond donors (Lipinski definition) is 1. The maximum atomic E-state index is 9.17. The molecule has 1 heterocycles. The highest BCUT2D eigenvalue weighted by Gasteiger charge is 2.27. The van der Waals surface area contributed by atoms with E-state index in [9.17, 15) is 5.26 Å². The molecule has 0 amide bonds. The van der Waals surface area contributed by atoms with Crippen molar-refractivity contribution in [3.63, 3.8) is 0 Å². The first-order chi connectivity index (χ1) is 8.36. The van der Waals surface area contributed by atoms with E-state index in [2.05, 4.69) is 40.6 Å². The summed E-state index contributed by atoms with van der Waals surface area (Å²) >= 11 is 0. The van der Waals surface area contributed by atoms with Crippen molar-refractivity contribution in [1.82, 2.24) is 5.32 Å². The average Bonchev–Trinajstić information content (AvgIpc) is 3.09. The molecule has 1 fully saturated rings. The van der Waals surface area contributed by atoms with E-state index < -0.39 is 0 Å². The topological polar surface area (TPSA) is 39.1 Å². The summed E-state index contributed by atoms with van der Waals surface area (Å²) < 4.78 is 0. The van der Waals surface area contributed by atoms with Crippen LogP contribution in [0.25, 0.3) is 0 Å². The van der Waals surface area contributed by atoms with Gasteiger partial charge < -0.3 is 4.90 Å². The summed E-state index contributed by atoms with van der Waals surface area (Å²) in [6.45, 7) is 1.86. The quantitative estimate of drug-likeness (QED) is 0.851. The predicted octanol–water partition coefficient (Wildman–Crippen LogP) is 1.69. The van der Waals surface area contributed by atoms with E-state index in [1.807, 2.05) is 0 Å². The highest BCUT2D eigenvalue weighted by molar-refractivity contribution is 5.58. The van der Waals surface area contributed by atoms with Gasteiger partial charge in [-0.1, -0.05) is 18.2 Å². The number of nitrogens with zero attached hydrogens (tertiary/aromatic N) is 2. The van der Waals surface area contributed by atoms with Crippen molar-refractivity contribution >= 4 is 5.69 Å². The largest absolute Gasteiger partial charge is 0.368 e. The van der Waals surface area contributed by atoms with Crippen LogP contribution in [0.2, 0.25) is 0 Å². The summed E-state index contributed by atoms with van der Waals surface area (Å²) in [5, 5.41) is 12.6. The van der Waals surface area contributed by atoms with E-state index in [1.54, 1.807) is 0 Å². The zero-order chi connectivity index (χ0) is 11.7. The van der Waals surface area contributed by atoms with Gasteiger partial charge in [-0.05, 0) is 30.9 Å². The fourth-order valence-electron chi connectivity index (χ4n) is 2.48. The zero-order valence-electron chi connectivity index (χ0n) is 9.89. The second-order valence-corrected chi connectivity index (χ2v) is 4.95. The van der Waals surface area contributed by atoms with Crippen molar-refractivity contribution in [3.05, 3.63) is 29.8 Å². The highest BCUT2D eigenvalue weighted by Crippen LogP contribution is 2.27. The molecule has 3 heteroatoms. The fraction of sp³-hybridized carbons (Fsp3) is 0.500. The summed E-state index contributed by atoms with van der Waals surface area (Å²) in [7, 11) is 0. The lowest BCUT2D eigenvalue weighted by atomic mass is 10.2. The molecule has 2 aliphatic rings. The summed E-state index contributed by atoms with van der Waals surface area (Å²) in [6, 6.07) is 11.5. The fourth-order valence-corrected chi connectivity index (χ4v) is 2.48. The molecular formula is C14H17N3. The molecule has 1 aromatic rings. The first kappa shape index (κ1) is 10.6. The van der Waals surface area contributed by atoms with Crippen LogP contribution in [0.15, 0.2) is 24.3 Å². The SMILES string of the molecule is N#CC(CN1CCc2ccccc21)NC1CC1. The molecule has 0 saturated heterocycles. The Morgan fingerprint density at radius 2 is 2.24 bits per heavy atom. The van der Waals surface area contributed by atoms with Gasteiger partial charge in [-0.25, -0.2) is 0 Å². The Morgan fingerprint density at radius 1 is 1.41 bits per heavy atom. The summed E-state index contributed by atoms with van der Waals surface area (Å²) in [5.74, 6) is 0. The van der Waals surface area contributed by atoms with Crippen molar-refractivity contribution in [2.45, 2.75) is 31.3 Å². The molecule has 88 valence electrons. The molecule has 1 aliphatic carbocycles. The van der Waals surface area contributed by atoms with Crippen molar-refractivity contribution < 1.29 is 0 Å². The monoisotopic (exact) mass is 227 g/mol. The number of nitriles is 1. The minimum absolute atomic E-state index is 0.0337. The lowest BCUT2D eigenvalue weighted by molar-refractivity contribution is 0.585. The Morgan fingerprint density at radius 3 is 3.00 bits per heavy atom. The molecule has 3 rings (SSSR count). The molecule has 0 spiro atoms. The number of rotatable bonds is 4. The summed E-state index contributed by atoms with van der Waals surface area (Å²) in [5.41, 5.74) is 2.72. The van der Waals surface area contributed by atoms with Gasteiger partial charge in [0, 0.05) is 24.8 Å². The van der Waals surface area contributed by atoms with E-state index in [0.29, 0.717) is 6.04 Å². The Balaban J connectivity index is 1.67. The predicted molar refractivity (Wildman–Crippen MR) is 67.9 cm³/mol. The van der Waals surface area contributed by atoms with E-state index in [1.165, 1.54) is 24.1 Å². The maximum absolute atomic E-state index is 9.17. The number of para-hydroxylation sites is 1. The van der Waals surface area contributed by atoms with Crippen LogP contribution in [-0.2, 0) is 6.42 Å². The highest BCUT2D eigenvalue weighted by atomic mass is 15.2. The van der Waals surface area contributed by atoms with Gasteiger partial charge in [0.1, 0.15) is 6.04 Å². The Hall–Kier alpha value is -1.53. The van der Waals surface area contributed by atoms with Crippen molar-refractivity contribution in [2.24, 2.45) is 0 Å². The molecule has 1 aromatic carbocycles. The van der Waals surface area contributed by atoms with Crippen molar-refractivity contribution in [2.75, 3.05) is 18.0 Å². The van der Waals surface area contributed by atoms with Crippen molar-refractivity contribution in [3.8, 4) is 6.07 Å². The molecule has 0 radical (unpaired) electrons. The van der Waals surface area contributed by atoms with Crippen LogP contribution in [0.4, 0.5) is 5.69 Å². The number of anilines is 1. The third-order valence-electron chi connectivity index (χ3n) is 3.56. The summed E-state index contributed by atoms with van der Waals surface area (Å²) in [6.07, 6.45) is 3.57. The summed E-state index contributed by atoms with van der Waals surface area (Å²) in [4.78, 5) is 2.33. The minimum Gasteiger partial charge on any atom is -0.368 e. The van der Waals surface area contributed by atoms with Gasteiger partial charge in [0.2, 0.25) is 0 Å². The second-order valence-electron chi connectivity index (χ2n) is 4.95. The van der Waals surface area contributed by atoms with Gasteiger partial charge in [0.15, 0.2) is 0 Å². The number of nitrogens with one attached hydrogen (secondary N) is 1. The van der Waals surface area contributed by atoms with Crippen molar-refractivity contribution in [1.29, 1.82) is 5.26 Å². The Kier molecular flexibility index (Phi) is 2.74. The smallest absolute Gasteiger partial charge is 0.113 e. The van der Waals surface area contributed by atoms with Gasteiger partial charge >= 0.3 is 0 Å². The lowest BCUT2D eigenvalue weighted by Crippen LogP contribution is -2.40. The normalized spacial score (nSPS) is 19.8. The molecule has 1 unspecified atom stereocenters. The van der Waals surface area contributed by atoms with E-state index in [-0.39, 0.29) is 6.04 Å². The lowest BCUT2D eigenvalue weighted by Gasteiger charge is -2.22. The third-order valence-corrected chi connectivity index (χ3v) is 3.56. The van der Waals surface area contributed by atoms with E-state index in [4.69, 9.17) is 0 Å². The first-order valence-electron chi connectivity index (χ1n) is 6.35. The molecule has 17 heavy (non-hydrogen) atoms. The third kappa shape index (κ3) is 2.27. The minimum atomic E-state index is -0.0337. The molecule has 0 aromatic heterocycles. The Labute approximate surface area is 102 Å². The maximum Gasteiger partial charge on any atom is 0.113 e. The van der Waals surface area contributed by atoms with E-state index >= 15 is 0 Å². The van der Waals surface area contributed by atoms with Crippen LogP contribution >= 0.6 is 0 Å². The van der Waals surface area contributed by atoms with Gasteiger partial charge in [0.05, 0.1) is 6.07 Å². The van der Waals surface area contributed by atoms with Crippen LogP contribution in [0.3, 0.4) is 0 Å². The van der Waals surface area contributed by atoms with Crippen LogP contribution in [0.1, 0.15) is 18.4 Å². The molecule has 0 bridgehead atoms. The van der Waals surface area contributed by atoms with Gasteiger partial charge in [-0.2, -0.15) is 5.26 Å². The molecule has 1 N–H and O–H groups in total. The van der Waals surface area contributed by atoms with Crippen LogP contribution in [0, 0.1) is 11.3 Å². The average molecular weight is 227 g/mol. The van der Waals surface area contributed by atoms with E-state index in [0.717, 1.165) is 19.5 Å².